The molecular formula is C19H17N5O2. The van der Waals surface area contributed by atoms with Crippen LogP contribution >= 0.6 is 0 Å². The van der Waals surface area contributed by atoms with Crippen molar-refractivity contribution in [2.24, 2.45) is 0 Å². The normalized spacial score (nSPS) is 14.5. The number of nitrogens with one attached hydrogen (secondary N) is 1. The summed E-state index contributed by atoms with van der Waals surface area (Å²) < 4.78 is 12.3. The number of methoxy groups -OCH3 is 1. The van der Waals surface area contributed by atoms with Gasteiger partial charge in [-0.05, 0) is 12.1 Å². The van der Waals surface area contributed by atoms with E-state index in [1.807, 2.05) is 41.6 Å². The fourth-order valence-corrected chi connectivity index (χ4v) is 3.12. The number of aromatic nitrogens is 5. The van der Waals surface area contributed by atoms with Gasteiger partial charge in [0.05, 0.1) is 32.6 Å². The van der Waals surface area contributed by atoms with Gasteiger partial charge in [0, 0.05) is 58.5 Å². The highest BCUT2D eigenvalue weighted by Gasteiger charge is 2.21. The second-order valence-corrected chi connectivity index (χ2v) is 6.31. The van der Waals surface area contributed by atoms with E-state index < -0.39 is 0 Å². The molecule has 1 fully saturated rings. The molecule has 0 atom stereocenters. The molecule has 26 heavy (non-hydrogen) atoms. The third kappa shape index (κ3) is 2.44. The molecule has 1 aliphatic heterocycles. The Morgan fingerprint density at radius 1 is 1.12 bits per heavy atom. The van der Waals surface area contributed by atoms with Crippen molar-refractivity contribution in [1.82, 2.24) is 24.7 Å². The lowest BCUT2D eigenvalue weighted by Gasteiger charge is -2.25. The summed E-state index contributed by atoms with van der Waals surface area (Å²) in [5, 5.41) is 5.51. The number of hydrogen-bond acceptors (Lipinski definition) is 5. The van der Waals surface area contributed by atoms with Gasteiger partial charge in [0.25, 0.3) is 0 Å². The maximum absolute atomic E-state index is 5.24. The summed E-state index contributed by atoms with van der Waals surface area (Å²) in [6.07, 6.45) is 9.57. The maximum atomic E-state index is 5.24. The second-order valence-electron chi connectivity index (χ2n) is 6.31. The van der Waals surface area contributed by atoms with Crippen molar-refractivity contribution in [1.29, 1.82) is 0 Å². The van der Waals surface area contributed by atoms with Crippen LogP contribution in [0.2, 0.25) is 0 Å². The van der Waals surface area contributed by atoms with Gasteiger partial charge in [-0.1, -0.05) is 0 Å². The van der Waals surface area contributed by atoms with E-state index in [1.165, 1.54) is 0 Å². The summed E-state index contributed by atoms with van der Waals surface area (Å²) in [5.41, 5.74) is 5.00. The molecule has 0 aromatic carbocycles. The van der Waals surface area contributed by atoms with Crippen LogP contribution in [0.4, 0.5) is 0 Å². The highest BCUT2D eigenvalue weighted by Crippen LogP contribution is 2.31. The van der Waals surface area contributed by atoms with Gasteiger partial charge in [-0.3, -0.25) is 4.68 Å². The smallest absolute Gasteiger partial charge is 0.212 e. The Morgan fingerprint density at radius 2 is 2.00 bits per heavy atom. The van der Waals surface area contributed by atoms with E-state index in [0.717, 1.165) is 46.5 Å². The van der Waals surface area contributed by atoms with Gasteiger partial charge in [0.1, 0.15) is 5.65 Å². The number of ether oxygens (including phenoxy) is 2. The molecule has 4 aromatic rings. The first kappa shape index (κ1) is 15.1. The first-order chi connectivity index (χ1) is 12.8. The van der Waals surface area contributed by atoms with Crippen LogP contribution in [0, 0.1) is 0 Å². The van der Waals surface area contributed by atoms with E-state index in [1.54, 1.807) is 7.11 Å². The monoisotopic (exact) mass is 347 g/mol. The SMILES string of the molecule is COc1ccc(-c2c[nH]c3ncc(-c4cnn(C5COC5)c4)cc23)cn1. The molecule has 0 amide bonds. The van der Waals surface area contributed by atoms with Crippen molar-refractivity contribution in [2.75, 3.05) is 20.3 Å². The quantitative estimate of drug-likeness (QED) is 0.614. The Hall–Kier alpha value is -3.19. The van der Waals surface area contributed by atoms with Crippen molar-refractivity contribution in [3.05, 3.63) is 49.2 Å². The van der Waals surface area contributed by atoms with Crippen LogP contribution in [-0.2, 0) is 4.74 Å². The lowest BCUT2D eigenvalue weighted by molar-refractivity contribution is -0.0286. The van der Waals surface area contributed by atoms with Crippen LogP contribution < -0.4 is 4.74 Å². The van der Waals surface area contributed by atoms with Gasteiger partial charge >= 0.3 is 0 Å². The lowest BCUT2D eigenvalue weighted by atomic mass is 10.1. The van der Waals surface area contributed by atoms with Gasteiger partial charge in [-0.15, -0.1) is 0 Å². The van der Waals surface area contributed by atoms with Crippen LogP contribution in [0.5, 0.6) is 5.88 Å². The van der Waals surface area contributed by atoms with Crippen LogP contribution in [0.3, 0.4) is 0 Å². The average molecular weight is 347 g/mol. The standard InChI is InChI=1S/C19H17N5O2/c1-25-18-3-2-12(5-20-18)17-8-22-19-16(17)4-13(6-21-19)14-7-23-24(9-14)15-10-26-11-15/h2-9,15H,10-11H2,1H3,(H,21,22). The van der Waals surface area contributed by atoms with Crippen molar-refractivity contribution in [2.45, 2.75) is 6.04 Å². The predicted octanol–water partition coefficient (Wildman–Crippen LogP) is 3.07. The minimum atomic E-state index is 0.341. The predicted molar refractivity (Wildman–Crippen MR) is 97.0 cm³/mol. The van der Waals surface area contributed by atoms with E-state index in [-0.39, 0.29) is 0 Å². The van der Waals surface area contributed by atoms with Gasteiger partial charge in [0.2, 0.25) is 5.88 Å². The molecule has 5 rings (SSSR count). The zero-order chi connectivity index (χ0) is 17.5. The van der Waals surface area contributed by atoms with Gasteiger partial charge in [-0.2, -0.15) is 5.10 Å². The molecule has 130 valence electrons. The zero-order valence-electron chi connectivity index (χ0n) is 14.2. The van der Waals surface area contributed by atoms with E-state index >= 15 is 0 Å². The number of rotatable bonds is 4. The second kappa shape index (κ2) is 5.96. The number of fused-ring (bicyclic) bond motifs is 1. The first-order valence-electron chi connectivity index (χ1n) is 8.41. The molecule has 1 saturated heterocycles. The molecule has 0 aliphatic carbocycles. The molecule has 0 spiro atoms. The maximum Gasteiger partial charge on any atom is 0.212 e. The number of H-pyrrole nitrogens is 1. The van der Waals surface area contributed by atoms with Crippen LogP contribution in [-0.4, -0.2) is 45.1 Å². The van der Waals surface area contributed by atoms with Crippen molar-refractivity contribution in [3.63, 3.8) is 0 Å². The highest BCUT2D eigenvalue weighted by atomic mass is 16.5. The van der Waals surface area contributed by atoms with Crippen LogP contribution in [0.25, 0.3) is 33.3 Å². The van der Waals surface area contributed by atoms with E-state index in [4.69, 9.17) is 9.47 Å². The summed E-state index contributed by atoms with van der Waals surface area (Å²) in [6, 6.07) is 6.33. The molecule has 0 radical (unpaired) electrons. The summed E-state index contributed by atoms with van der Waals surface area (Å²) in [7, 11) is 1.61. The molecular weight excluding hydrogens is 330 g/mol. The van der Waals surface area contributed by atoms with E-state index in [2.05, 4.69) is 32.3 Å². The number of hydrogen-bond donors (Lipinski definition) is 1. The molecule has 0 saturated carbocycles. The van der Waals surface area contributed by atoms with Gasteiger partial charge in [-0.25, -0.2) is 9.97 Å². The Balaban J connectivity index is 1.54. The molecule has 5 heterocycles. The Labute approximate surface area is 149 Å². The molecule has 7 nitrogen and oxygen atoms in total. The summed E-state index contributed by atoms with van der Waals surface area (Å²) in [6.45, 7) is 1.45. The van der Waals surface area contributed by atoms with Crippen molar-refractivity contribution < 1.29 is 9.47 Å². The number of pyridine rings is 2. The molecule has 0 unspecified atom stereocenters. The third-order valence-corrected chi connectivity index (χ3v) is 4.72. The zero-order valence-corrected chi connectivity index (χ0v) is 14.2. The summed E-state index contributed by atoms with van der Waals surface area (Å²) in [5.74, 6) is 0.597. The fraction of sp³-hybridized carbons (Fsp3) is 0.211. The molecule has 4 aromatic heterocycles. The molecule has 0 bridgehead atoms. The molecule has 1 N–H and O–H groups in total. The topological polar surface area (TPSA) is 77.8 Å². The number of nitrogens with zero attached hydrogens (tertiary/aromatic N) is 4. The summed E-state index contributed by atoms with van der Waals surface area (Å²) in [4.78, 5) is 12.1. The molecule has 7 heteroatoms. The largest absolute Gasteiger partial charge is 0.481 e. The Bertz CT molecular complexity index is 1060. The van der Waals surface area contributed by atoms with E-state index in [9.17, 15) is 0 Å². The van der Waals surface area contributed by atoms with Crippen molar-refractivity contribution in [3.8, 4) is 28.1 Å². The number of aromatic amines is 1. The van der Waals surface area contributed by atoms with Gasteiger partial charge < -0.3 is 14.5 Å². The summed E-state index contributed by atoms with van der Waals surface area (Å²) >= 11 is 0. The third-order valence-electron chi connectivity index (χ3n) is 4.72. The Morgan fingerprint density at radius 3 is 2.73 bits per heavy atom. The fourth-order valence-electron chi connectivity index (χ4n) is 3.12. The molecule has 1 aliphatic rings. The van der Waals surface area contributed by atoms with Crippen LogP contribution in [0.15, 0.2) is 49.2 Å². The van der Waals surface area contributed by atoms with Crippen molar-refractivity contribution >= 4 is 11.0 Å². The van der Waals surface area contributed by atoms with Crippen LogP contribution in [0.1, 0.15) is 6.04 Å². The van der Waals surface area contributed by atoms with E-state index in [0.29, 0.717) is 11.9 Å². The minimum Gasteiger partial charge on any atom is -0.481 e. The average Bonchev–Trinajstić information content (AvgIpc) is 3.27. The van der Waals surface area contributed by atoms with Gasteiger partial charge in [0.15, 0.2) is 0 Å². The Kier molecular flexibility index (Phi) is 3.46. The first-order valence-corrected chi connectivity index (χ1v) is 8.41. The lowest BCUT2D eigenvalue weighted by Crippen LogP contribution is -2.30. The highest BCUT2D eigenvalue weighted by molar-refractivity contribution is 5.95. The minimum absolute atomic E-state index is 0.341.